The molecule has 4 heterocycles. The summed E-state index contributed by atoms with van der Waals surface area (Å²) in [6, 6.07) is 5.04. The second-order valence-electron chi connectivity index (χ2n) is 6.90. The van der Waals surface area contributed by atoms with Crippen LogP contribution in [0.5, 0.6) is 0 Å². The number of aromatic nitrogens is 6. The summed E-state index contributed by atoms with van der Waals surface area (Å²) < 4.78 is 39.4. The smallest absolute Gasteiger partial charge is 0.359 e. The minimum absolute atomic E-state index is 0.349. The van der Waals surface area contributed by atoms with Crippen molar-refractivity contribution in [3.8, 4) is 16.9 Å². The Balaban J connectivity index is 1.58. The maximum absolute atomic E-state index is 12.6. The normalized spacial score (nSPS) is 12.8. The quantitative estimate of drug-likeness (QED) is 0.489. The molecule has 1 atom stereocenters. The number of halogens is 3. The minimum Gasteiger partial charge on any atom is -0.359 e. The molecule has 4 aromatic heterocycles. The van der Waals surface area contributed by atoms with Crippen molar-refractivity contribution in [1.29, 1.82) is 0 Å². The molecule has 0 saturated heterocycles. The number of carbonyl (C=O) groups is 1. The topological polar surface area (TPSA) is 101 Å². The van der Waals surface area contributed by atoms with E-state index < -0.39 is 24.4 Å². The van der Waals surface area contributed by atoms with Gasteiger partial charge in [0.05, 0.1) is 18.4 Å². The number of nitrogens with one attached hydrogen (secondary N) is 2. The van der Waals surface area contributed by atoms with Gasteiger partial charge in [-0.1, -0.05) is 6.07 Å². The van der Waals surface area contributed by atoms with Crippen molar-refractivity contribution in [3.63, 3.8) is 0 Å². The van der Waals surface area contributed by atoms with Crippen molar-refractivity contribution in [3.05, 3.63) is 54.9 Å². The van der Waals surface area contributed by atoms with Gasteiger partial charge in [0.1, 0.15) is 5.52 Å². The van der Waals surface area contributed by atoms with Crippen LogP contribution in [-0.4, -0.2) is 48.8 Å². The highest BCUT2D eigenvalue weighted by atomic mass is 19.4. The summed E-state index contributed by atoms with van der Waals surface area (Å²) in [5.74, 6) is -0.958. The molecule has 0 fully saturated rings. The summed E-state index contributed by atoms with van der Waals surface area (Å²) in [7, 11) is 1.39. The Kier molecular flexibility index (Phi) is 5.40. The number of carbonyl (C=O) groups excluding carboxylic acids is 1. The van der Waals surface area contributed by atoms with Gasteiger partial charge >= 0.3 is 6.18 Å². The number of H-pyrrole nitrogens is 1. The number of hydrogen-bond acceptors (Lipinski definition) is 5. The van der Waals surface area contributed by atoms with Crippen LogP contribution in [0.1, 0.15) is 24.3 Å². The Morgan fingerprint density at radius 3 is 2.74 bits per heavy atom. The van der Waals surface area contributed by atoms with Gasteiger partial charge in [-0.3, -0.25) is 4.79 Å². The maximum atomic E-state index is 12.6. The molecule has 31 heavy (non-hydrogen) atoms. The summed E-state index contributed by atoms with van der Waals surface area (Å²) in [6.07, 6.45) is 2.33. The zero-order valence-corrected chi connectivity index (χ0v) is 16.4. The largest absolute Gasteiger partial charge is 0.389 e. The van der Waals surface area contributed by atoms with E-state index in [9.17, 15) is 18.0 Å². The van der Waals surface area contributed by atoms with Gasteiger partial charge in [-0.15, -0.1) is 0 Å². The predicted octanol–water partition coefficient (Wildman–Crippen LogP) is 3.38. The van der Waals surface area contributed by atoms with Crippen molar-refractivity contribution in [2.45, 2.75) is 24.9 Å². The van der Waals surface area contributed by atoms with Gasteiger partial charge in [0.15, 0.2) is 11.5 Å². The van der Waals surface area contributed by atoms with Crippen LogP contribution in [0.3, 0.4) is 0 Å². The van der Waals surface area contributed by atoms with E-state index >= 15 is 0 Å². The van der Waals surface area contributed by atoms with E-state index in [0.29, 0.717) is 22.5 Å². The van der Waals surface area contributed by atoms with Crippen molar-refractivity contribution in [1.82, 2.24) is 35.0 Å². The van der Waals surface area contributed by atoms with Crippen molar-refractivity contribution < 1.29 is 18.0 Å². The van der Waals surface area contributed by atoms with Crippen LogP contribution in [0.4, 0.5) is 13.2 Å². The molecular weight excluding hydrogens is 411 g/mol. The van der Waals surface area contributed by atoms with Gasteiger partial charge in [0, 0.05) is 43.2 Å². The minimum atomic E-state index is -4.34. The van der Waals surface area contributed by atoms with E-state index in [2.05, 4.69) is 30.4 Å². The van der Waals surface area contributed by atoms with Gasteiger partial charge in [-0.05, 0) is 24.1 Å². The fraction of sp³-hybridized carbons (Fsp3) is 0.250. The monoisotopic (exact) mass is 429 g/mol. The number of nitrogens with zero attached hydrogens (tertiary/aromatic N) is 5. The average molecular weight is 429 g/mol. The first-order valence-electron chi connectivity index (χ1n) is 9.43. The van der Waals surface area contributed by atoms with E-state index in [4.69, 9.17) is 0 Å². The summed E-state index contributed by atoms with van der Waals surface area (Å²) in [6.45, 7) is 0. The highest BCUT2D eigenvalue weighted by molar-refractivity contribution is 5.88. The van der Waals surface area contributed by atoms with Gasteiger partial charge in [-0.25, -0.2) is 19.6 Å². The van der Waals surface area contributed by atoms with Crippen molar-refractivity contribution >= 4 is 17.1 Å². The average Bonchev–Trinajstić information content (AvgIpc) is 3.43. The number of amides is 1. The lowest BCUT2D eigenvalue weighted by Crippen LogP contribution is -2.27. The van der Waals surface area contributed by atoms with Crippen LogP contribution in [0.25, 0.3) is 28.1 Å². The highest BCUT2D eigenvalue weighted by Gasteiger charge is 2.31. The highest BCUT2D eigenvalue weighted by Crippen LogP contribution is 2.30. The van der Waals surface area contributed by atoms with Crippen LogP contribution in [0, 0.1) is 0 Å². The van der Waals surface area contributed by atoms with E-state index in [1.54, 1.807) is 41.7 Å². The first kappa shape index (κ1) is 20.5. The zero-order chi connectivity index (χ0) is 22.0. The summed E-state index contributed by atoms with van der Waals surface area (Å²) in [5, 5.41) is 6.73. The number of hydrogen-bond donors (Lipinski definition) is 2. The van der Waals surface area contributed by atoms with Crippen molar-refractivity contribution in [2.75, 3.05) is 7.05 Å². The second-order valence-corrected chi connectivity index (χ2v) is 6.90. The van der Waals surface area contributed by atoms with E-state index in [1.165, 1.54) is 13.2 Å². The Labute approximate surface area is 174 Å². The SMILES string of the molecule is CNC(=O)C(CCC(F)(F)F)c1ccc(-n2cc(-c3ccnc4[nH]cnc34)cn2)nc1. The summed E-state index contributed by atoms with van der Waals surface area (Å²) in [5.41, 5.74) is 3.43. The molecule has 1 amide bonds. The van der Waals surface area contributed by atoms with E-state index in [-0.39, 0.29) is 6.42 Å². The fourth-order valence-electron chi connectivity index (χ4n) is 3.34. The standard InChI is InChI=1S/C20H18F3N7O/c1-24-19(31)15(4-6-20(21,22)23)12-2-3-16(26-8-12)30-10-13(9-29-30)14-5-7-25-18-17(14)27-11-28-18/h2-3,5,7-11,15H,4,6H2,1H3,(H,24,31)(H,25,27,28). The third-order valence-electron chi connectivity index (χ3n) is 4.90. The summed E-state index contributed by atoms with van der Waals surface area (Å²) >= 11 is 0. The van der Waals surface area contributed by atoms with Gasteiger partial charge in [0.2, 0.25) is 5.91 Å². The molecule has 0 aliphatic rings. The van der Waals surface area contributed by atoms with Gasteiger partial charge < -0.3 is 10.3 Å². The third kappa shape index (κ3) is 4.39. The molecule has 4 aromatic rings. The number of imidazole rings is 1. The van der Waals surface area contributed by atoms with Gasteiger partial charge in [-0.2, -0.15) is 18.3 Å². The number of pyridine rings is 2. The van der Waals surface area contributed by atoms with Crippen LogP contribution >= 0.6 is 0 Å². The Hall–Kier alpha value is -3.76. The molecule has 0 spiro atoms. The van der Waals surface area contributed by atoms with Crippen LogP contribution in [0.15, 0.2) is 49.3 Å². The first-order valence-corrected chi connectivity index (χ1v) is 9.43. The molecule has 8 nitrogen and oxygen atoms in total. The Bertz CT molecular complexity index is 1200. The maximum Gasteiger partial charge on any atom is 0.389 e. The third-order valence-corrected chi connectivity index (χ3v) is 4.90. The lowest BCUT2D eigenvalue weighted by atomic mass is 9.94. The molecule has 2 N–H and O–H groups in total. The molecule has 0 radical (unpaired) electrons. The zero-order valence-electron chi connectivity index (χ0n) is 16.4. The molecule has 4 rings (SSSR count). The molecular formula is C20H18F3N7O. The molecule has 0 aliphatic carbocycles. The number of aromatic amines is 1. The number of alkyl halides is 3. The molecule has 0 saturated carbocycles. The predicted molar refractivity (Wildman–Crippen MR) is 106 cm³/mol. The van der Waals surface area contributed by atoms with Crippen molar-refractivity contribution in [2.24, 2.45) is 0 Å². The first-order chi connectivity index (χ1) is 14.9. The summed E-state index contributed by atoms with van der Waals surface area (Å²) in [4.78, 5) is 27.8. The molecule has 0 bridgehead atoms. The molecule has 1 unspecified atom stereocenters. The van der Waals surface area contributed by atoms with E-state index in [0.717, 1.165) is 11.1 Å². The number of likely N-dealkylation sites (N-methyl/N-ethyl adjacent to an activating group) is 1. The molecule has 160 valence electrons. The van der Waals surface area contributed by atoms with Crippen LogP contribution < -0.4 is 5.32 Å². The Morgan fingerprint density at radius 1 is 1.19 bits per heavy atom. The van der Waals surface area contributed by atoms with Crippen LogP contribution in [0.2, 0.25) is 0 Å². The van der Waals surface area contributed by atoms with Gasteiger partial charge in [0.25, 0.3) is 0 Å². The molecule has 11 heteroatoms. The number of rotatable bonds is 6. The molecule has 0 aromatic carbocycles. The molecule has 0 aliphatic heterocycles. The number of fused-ring (bicyclic) bond motifs is 1. The lowest BCUT2D eigenvalue weighted by Gasteiger charge is -2.17. The second kappa shape index (κ2) is 8.17. The van der Waals surface area contributed by atoms with E-state index in [1.807, 2.05) is 6.07 Å². The Morgan fingerprint density at radius 2 is 2.03 bits per heavy atom. The lowest BCUT2D eigenvalue weighted by molar-refractivity contribution is -0.138. The van der Waals surface area contributed by atoms with Crippen LogP contribution in [-0.2, 0) is 4.79 Å². The fourth-order valence-corrected chi connectivity index (χ4v) is 3.34.